The lowest BCUT2D eigenvalue weighted by atomic mass is 9.86. The topological polar surface area (TPSA) is 74.4 Å². The van der Waals surface area contributed by atoms with E-state index in [1.807, 2.05) is 12.1 Å². The fourth-order valence-electron chi connectivity index (χ4n) is 2.10. The van der Waals surface area contributed by atoms with Crippen molar-refractivity contribution in [1.82, 2.24) is 19.9 Å². The van der Waals surface area contributed by atoms with Crippen LogP contribution in [0.25, 0.3) is 22.6 Å². The van der Waals surface area contributed by atoms with Crippen LogP contribution in [0, 0.1) is 0 Å². The summed E-state index contributed by atoms with van der Waals surface area (Å²) in [4.78, 5) is 25.1. The van der Waals surface area contributed by atoms with Gasteiger partial charge >= 0.3 is 5.69 Å². The largest absolute Gasteiger partial charge is 0.346 e. The van der Waals surface area contributed by atoms with Crippen LogP contribution in [-0.4, -0.2) is 19.9 Å². The van der Waals surface area contributed by atoms with E-state index in [9.17, 15) is 4.79 Å². The molecule has 0 fully saturated rings. The first-order valence-electron chi connectivity index (χ1n) is 6.49. The smallest absolute Gasteiger partial charge is 0.335 e. The van der Waals surface area contributed by atoms with Crippen LogP contribution in [0.2, 0.25) is 0 Å². The number of rotatable bonds is 1. The van der Waals surface area contributed by atoms with Gasteiger partial charge in [-0.2, -0.15) is 4.98 Å². The van der Waals surface area contributed by atoms with Gasteiger partial charge in [0.2, 0.25) is 0 Å². The quantitative estimate of drug-likeness (QED) is 0.712. The summed E-state index contributed by atoms with van der Waals surface area (Å²) in [7, 11) is 0. The number of nitrogens with zero attached hydrogens (tertiary/aromatic N) is 2. The molecule has 0 aliphatic rings. The molecule has 0 amide bonds. The standard InChI is InChI=1S/C15H16N4O/c1-15(2,3)10-6-4-5-9(7-10)12-17-11-8-16-14(20)19-13(11)18-12/h4-8H,1-3H3,(H2,16,17,18,19,20). The molecule has 0 unspecified atom stereocenters. The van der Waals surface area contributed by atoms with Gasteiger partial charge in [-0.05, 0) is 17.0 Å². The van der Waals surface area contributed by atoms with E-state index < -0.39 is 0 Å². The summed E-state index contributed by atoms with van der Waals surface area (Å²) >= 11 is 0. The Labute approximate surface area is 116 Å². The maximum Gasteiger partial charge on any atom is 0.346 e. The molecule has 2 heterocycles. The molecule has 0 bridgehead atoms. The molecular weight excluding hydrogens is 252 g/mol. The molecule has 0 spiro atoms. The third-order valence-electron chi connectivity index (χ3n) is 3.27. The predicted molar refractivity (Wildman–Crippen MR) is 78.6 cm³/mol. The average Bonchev–Trinajstić information content (AvgIpc) is 2.81. The van der Waals surface area contributed by atoms with Gasteiger partial charge in [0.1, 0.15) is 11.3 Å². The van der Waals surface area contributed by atoms with Crippen molar-refractivity contribution >= 4 is 11.2 Å². The van der Waals surface area contributed by atoms with Crippen LogP contribution in [0.5, 0.6) is 0 Å². The minimum atomic E-state index is -0.390. The molecule has 0 saturated carbocycles. The summed E-state index contributed by atoms with van der Waals surface area (Å²) in [5.41, 5.74) is 3.18. The van der Waals surface area contributed by atoms with Crippen LogP contribution < -0.4 is 5.69 Å². The van der Waals surface area contributed by atoms with Crippen LogP contribution in [0.1, 0.15) is 26.3 Å². The van der Waals surface area contributed by atoms with E-state index in [1.54, 1.807) is 0 Å². The Kier molecular flexibility index (Phi) is 2.71. The van der Waals surface area contributed by atoms with Gasteiger partial charge in [0.15, 0.2) is 5.65 Å². The molecular formula is C15H16N4O. The lowest BCUT2D eigenvalue weighted by Crippen LogP contribution is -2.10. The van der Waals surface area contributed by atoms with Crippen molar-refractivity contribution in [3.63, 3.8) is 0 Å². The van der Waals surface area contributed by atoms with E-state index in [-0.39, 0.29) is 11.1 Å². The van der Waals surface area contributed by atoms with Crippen LogP contribution in [0.15, 0.2) is 35.3 Å². The van der Waals surface area contributed by atoms with Gasteiger partial charge in [0.05, 0.1) is 6.20 Å². The molecule has 2 aromatic heterocycles. The Morgan fingerprint density at radius 2 is 1.95 bits per heavy atom. The number of hydrogen-bond acceptors (Lipinski definition) is 3. The van der Waals surface area contributed by atoms with Crippen molar-refractivity contribution in [2.45, 2.75) is 26.2 Å². The summed E-state index contributed by atoms with van der Waals surface area (Å²) in [6, 6.07) is 8.24. The summed E-state index contributed by atoms with van der Waals surface area (Å²) in [5.74, 6) is 0.731. The van der Waals surface area contributed by atoms with Crippen LogP contribution >= 0.6 is 0 Å². The van der Waals surface area contributed by atoms with Crippen molar-refractivity contribution in [3.8, 4) is 11.4 Å². The monoisotopic (exact) mass is 268 g/mol. The number of fused-ring (bicyclic) bond motifs is 1. The van der Waals surface area contributed by atoms with Crippen LogP contribution in [0.3, 0.4) is 0 Å². The molecule has 0 atom stereocenters. The van der Waals surface area contributed by atoms with E-state index in [0.717, 1.165) is 16.9 Å². The molecule has 0 saturated heterocycles. The van der Waals surface area contributed by atoms with Crippen molar-refractivity contribution in [3.05, 3.63) is 46.5 Å². The Morgan fingerprint density at radius 3 is 2.70 bits per heavy atom. The third kappa shape index (κ3) is 2.22. The summed E-state index contributed by atoms with van der Waals surface area (Å²) in [6.45, 7) is 6.52. The highest BCUT2D eigenvalue weighted by Gasteiger charge is 2.15. The summed E-state index contributed by atoms with van der Waals surface area (Å²) < 4.78 is 0. The Morgan fingerprint density at radius 1 is 1.15 bits per heavy atom. The zero-order valence-electron chi connectivity index (χ0n) is 11.7. The minimum Gasteiger partial charge on any atom is -0.335 e. The summed E-state index contributed by atoms with van der Waals surface area (Å²) in [6.07, 6.45) is 1.50. The molecule has 2 N–H and O–H groups in total. The van der Waals surface area contributed by atoms with E-state index in [0.29, 0.717) is 5.65 Å². The van der Waals surface area contributed by atoms with Crippen LogP contribution in [0.4, 0.5) is 0 Å². The first kappa shape index (κ1) is 12.6. The lowest BCUT2D eigenvalue weighted by Gasteiger charge is -2.19. The van der Waals surface area contributed by atoms with Gasteiger partial charge in [-0.3, -0.25) is 4.98 Å². The first-order chi connectivity index (χ1) is 9.43. The maximum absolute atomic E-state index is 11.2. The minimum absolute atomic E-state index is 0.0812. The summed E-state index contributed by atoms with van der Waals surface area (Å²) in [5, 5.41) is 0. The van der Waals surface area contributed by atoms with Gasteiger partial charge < -0.3 is 4.98 Å². The SMILES string of the molecule is CC(C)(C)c1cccc(-c2nc3[nH]c(=O)ncc3[nH]2)c1. The first-order valence-corrected chi connectivity index (χ1v) is 6.49. The third-order valence-corrected chi connectivity index (χ3v) is 3.27. The fourth-order valence-corrected chi connectivity index (χ4v) is 2.10. The molecule has 0 aliphatic heterocycles. The molecule has 0 radical (unpaired) electrons. The molecule has 102 valence electrons. The number of H-pyrrole nitrogens is 2. The zero-order valence-corrected chi connectivity index (χ0v) is 11.7. The Hall–Kier alpha value is -2.43. The molecule has 5 heteroatoms. The second-order valence-corrected chi connectivity index (χ2v) is 5.87. The Bertz CT molecular complexity index is 823. The predicted octanol–water partition coefficient (Wildman–Crippen LogP) is 2.61. The zero-order chi connectivity index (χ0) is 14.3. The number of imidazole rings is 1. The number of aromatic nitrogens is 4. The molecule has 3 rings (SSSR count). The van der Waals surface area contributed by atoms with Gasteiger partial charge in [-0.15, -0.1) is 0 Å². The van der Waals surface area contributed by atoms with E-state index >= 15 is 0 Å². The lowest BCUT2D eigenvalue weighted by molar-refractivity contribution is 0.590. The molecule has 1 aromatic carbocycles. The fraction of sp³-hybridized carbons (Fsp3) is 0.267. The highest BCUT2D eigenvalue weighted by Crippen LogP contribution is 2.26. The highest BCUT2D eigenvalue weighted by molar-refractivity contribution is 5.74. The maximum atomic E-state index is 11.2. The number of hydrogen-bond donors (Lipinski definition) is 2. The van der Waals surface area contributed by atoms with Crippen molar-refractivity contribution in [2.24, 2.45) is 0 Å². The molecule has 20 heavy (non-hydrogen) atoms. The van der Waals surface area contributed by atoms with Gasteiger partial charge in [-0.25, -0.2) is 9.78 Å². The molecule has 3 aromatic rings. The normalized spacial score (nSPS) is 11.9. The number of aromatic amines is 2. The van der Waals surface area contributed by atoms with Gasteiger partial charge in [-0.1, -0.05) is 39.0 Å². The highest BCUT2D eigenvalue weighted by atomic mass is 16.1. The van der Waals surface area contributed by atoms with E-state index in [2.05, 4.69) is 52.8 Å². The van der Waals surface area contributed by atoms with Crippen molar-refractivity contribution < 1.29 is 0 Å². The van der Waals surface area contributed by atoms with E-state index in [4.69, 9.17) is 0 Å². The molecule has 0 aliphatic carbocycles. The van der Waals surface area contributed by atoms with Crippen LogP contribution in [-0.2, 0) is 5.41 Å². The van der Waals surface area contributed by atoms with E-state index in [1.165, 1.54) is 11.8 Å². The molecule has 5 nitrogen and oxygen atoms in total. The second-order valence-electron chi connectivity index (χ2n) is 5.87. The second kappa shape index (κ2) is 4.30. The Balaban J connectivity index is 2.13. The van der Waals surface area contributed by atoms with Gasteiger partial charge in [0, 0.05) is 5.56 Å². The average molecular weight is 268 g/mol. The number of nitrogens with one attached hydrogen (secondary N) is 2. The van der Waals surface area contributed by atoms with Gasteiger partial charge in [0.25, 0.3) is 0 Å². The van der Waals surface area contributed by atoms with Crippen molar-refractivity contribution in [2.75, 3.05) is 0 Å². The van der Waals surface area contributed by atoms with Crippen molar-refractivity contribution in [1.29, 1.82) is 0 Å². The number of benzene rings is 1.